The van der Waals surface area contributed by atoms with Gasteiger partial charge in [-0.15, -0.1) is 0 Å². The molecule has 1 rings (SSSR count). The lowest BCUT2D eigenvalue weighted by Gasteiger charge is -2.23. The topological polar surface area (TPSA) is 74.6 Å². The lowest BCUT2D eigenvalue weighted by molar-refractivity contribution is 0.381. The van der Waals surface area contributed by atoms with Crippen LogP contribution in [-0.2, 0) is 15.8 Å². The van der Waals surface area contributed by atoms with E-state index < -0.39 is 10.4 Å². The van der Waals surface area contributed by atoms with Crippen molar-refractivity contribution in [3.05, 3.63) is 33.4 Å². The molecule has 0 unspecified atom stereocenters. The summed E-state index contributed by atoms with van der Waals surface area (Å²) in [6.07, 6.45) is 1.19. The molecular weight excluding hydrogens is 355 g/mol. The summed E-state index contributed by atoms with van der Waals surface area (Å²) in [5.74, 6) is 0. The Morgan fingerprint density at radius 2 is 1.53 bits per heavy atom. The number of rotatable bonds is 2. The van der Waals surface area contributed by atoms with Gasteiger partial charge < -0.3 is 0 Å². The van der Waals surface area contributed by atoms with Crippen molar-refractivity contribution in [3.63, 3.8) is 0 Å². The summed E-state index contributed by atoms with van der Waals surface area (Å²) >= 11 is 2.34. The fourth-order valence-electron chi connectivity index (χ4n) is 1.11. The fraction of sp³-hybridized carbons (Fsp3) is 0.455. The van der Waals surface area contributed by atoms with Crippen molar-refractivity contribution in [2.75, 3.05) is 0 Å². The quantitative estimate of drug-likeness (QED) is 0.617. The second-order valence-electron chi connectivity index (χ2n) is 4.19. The molecule has 0 spiro atoms. The Hall–Kier alpha value is -0.180. The highest BCUT2D eigenvalue weighted by Gasteiger charge is 2.16. The van der Waals surface area contributed by atoms with Crippen LogP contribution in [0.5, 0.6) is 0 Å². The molecule has 0 aliphatic heterocycles. The zero-order chi connectivity index (χ0) is 13.7. The monoisotopic (exact) mass is 372 g/mol. The van der Waals surface area contributed by atoms with Gasteiger partial charge in [0.05, 0.1) is 0 Å². The molecule has 0 bridgehead atoms. The van der Waals surface area contributed by atoms with E-state index in [1.54, 1.807) is 0 Å². The number of halogens is 1. The van der Waals surface area contributed by atoms with Gasteiger partial charge in [0, 0.05) is 3.57 Å². The summed E-state index contributed by atoms with van der Waals surface area (Å²) in [5.41, 5.74) is 1.76. The van der Waals surface area contributed by atoms with Gasteiger partial charge in [-0.1, -0.05) is 32.9 Å². The van der Waals surface area contributed by atoms with Crippen molar-refractivity contribution in [3.8, 4) is 0 Å². The van der Waals surface area contributed by atoms with Crippen molar-refractivity contribution in [1.29, 1.82) is 0 Å². The first-order valence-corrected chi connectivity index (χ1v) is 7.50. The van der Waals surface area contributed by atoms with Gasteiger partial charge in [-0.3, -0.25) is 9.11 Å². The van der Waals surface area contributed by atoms with Gasteiger partial charge in [0.2, 0.25) is 0 Å². The van der Waals surface area contributed by atoms with Gasteiger partial charge in [0.1, 0.15) is 0 Å². The molecule has 0 fully saturated rings. The minimum atomic E-state index is -4.67. The molecule has 0 amide bonds. The second kappa shape index (κ2) is 6.67. The molecule has 98 valence electrons. The lowest BCUT2D eigenvalue weighted by atomic mass is 9.82. The molecule has 0 atom stereocenters. The van der Waals surface area contributed by atoms with E-state index >= 15 is 0 Å². The number of benzene rings is 1. The molecule has 1 aromatic carbocycles. The van der Waals surface area contributed by atoms with Gasteiger partial charge in [0.25, 0.3) is 0 Å². The Kier molecular flexibility index (Phi) is 6.60. The maximum Gasteiger partial charge on any atom is 0.394 e. The Balaban J connectivity index is 0.000000437. The molecule has 2 N–H and O–H groups in total. The second-order valence-corrected chi connectivity index (χ2v) is 6.33. The molecule has 17 heavy (non-hydrogen) atoms. The summed E-state index contributed by atoms with van der Waals surface area (Å²) in [5, 5.41) is 0. The smallest absolute Gasteiger partial charge is 0.264 e. The molecule has 0 saturated heterocycles. The van der Waals surface area contributed by atoms with Crippen LogP contribution in [0.3, 0.4) is 0 Å². The highest BCUT2D eigenvalue weighted by atomic mass is 127. The first-order valence-electron chi connectivity index (χ1n) is 5.02. The molecule has 0 aliphatic rings. The molecule has 6 heteroatoms. The maximum atomic E-state index is 8.74. The average molecular weight is 372 g/mol. The number of hydrogen-bond donors (Lipinski definition) is 2. The molecule has 0 heterocycles. The van der Waals surface area contributed by atoms with Crippen molar-refractivity contribution in [2.45, 2.75) is 32.6 Å². The van der Waals surface area contributed by atoms with Crippen LogP contribution >= 0.6 is 22.6 Å². The van der Waals surface area contributed by atoms with Gasteiger partial charge in [0.15, 0.2) is 0 Å². The minimum Gasteiger partial charge on any atom is -0.264 e. The first-order chi connectivity index (χ1) is 7.56. The Labute approximate surface area is 116 Å². The average Bonchev–Trinajstić information content (AvgIpc) is 2.16. The van der Waals surface area contributed by atoms with E-state index in [1.165, 1.54) is 15.6 Å². The molecule has 4 nitrogen and oxygen atoms in total. The molecule has 0 aromatic heterocycles. The lowest BCUT2D eigenvalue weighted by Crippen LogP contribution is -2.14. The standard InChI is InChI=1S/C11H15I.H2O4S/c1-4-11(2,3)9-5-7-10(12)8-6-9;1-5(2,3)4/h5-8H,4H2,1-3H3;(H2,1,2,3,4). The molecular formula is C11H17IO4S. The third-order valence-corrected chi connectivity index (χ3v) is 3.23. The zero-order valence-electron chi connectivity index (χ0n) is 10.0. The van der Waals surface area contributed by atoms with E-state index in [4.69, 9.17) is 17.5 Å². The van der Waals surface area contributed by atoms with Gasteiger partial charge in [-0.05, 0) is 52.1 Å². The fourth-order valence-corrected chi connectivity index (χ4v) is 1.46. The highest BCUT2D eigenvalue weighted by molar-refractivity contribution is 14.1. The maximum absolute atomic E-state index is 8.74. The van der Waals surface area contributed by atoms with E-state index in [0.29, 0.717) is 5.41 Å². The van der Waals surface area contributed by atoms with Crippen LogP contribution < -0.4 is 0 Å². The van der Waals surface area contributed by atoms with Crippen LogP contribution in [0.25, 0.3) is 0 Å². The van der Waals surface area contributed by atoms with E-state index in [9.17, 15) is 0 Å². The predicted octanol–water partition coefficient (Wildman–Crippen LogP) is 3.33. The summed E-state index contributed by atoms with van der Waals surface area (Å²) in [6.45, 7) is 6.81. The van der Waals surface area contributed by atoms with Crippen LogP contribution in [0.1, 0.15) is 32.8 Å². The highest BCUT2D eigenvalue weighted by Crippen LogP contribution is 2.26. The van der Waals surface area contributed by atoms with Gasteiger partial charge in [-0.2, -0.15) is 8.42 Å². The molecule has 0 aliphatic carbocycles. The Morgan fingerprint density at radius 1 is 1.18 bits per heavy atom. The molecule has 0 saturated carbocycles. The third kappa shape index (κ3) is 8.53. The summed E-state index contributed by atoms with van der Waals surface area (Å²) < 4.78 is 32.9. The predicted molar refractivity (Wildman–Crippen MR) is 76.7 cm³/mol. The Bertz CT molecular complexity index is 429. The summed E-state index contributed by atoms with van der Waals surface area (Å²) in [6, 6.07) is 8.80. The van der Waals surface area contributed by atoms with Crippen LogP contribution in [0.15, 0.2) is 24.3 Å². The van der Waals surface area contributed by atoms with Crippen molar-refractivity contribution >= 4 is 33.0 Å². The molecule has 0 radical (unpaired) electrons. The minimum absolute atomic E-state index is 0.324. The first kappa shape index (κ1) is 16.8. The van der Waals surface area contributed by atoms with Crippen molar-refractivity contribution < 1.29 is 17.5 Å². The summed E-state index contributed by atoms with van der Waals surface area (Å²) in [4.78, 5) is 0. The largest absolute Gasteiger partial charge is 0.394 e. The number of hydrogen-bond acceptors (Lipinski definition) is 2. The van der Waals surface area contributed by atoms with Crippen LogP contribution in [-0.4, -0.2) is 17.5 Å². The summed E-state index contributed by atoms with van der Waals surface area (Å²) in [7, 11) is -4.67. The van der Waals surface area contributed by atoms with E-state index in [0.717, 1.165) is 0 Å². The van der Waals surface area contributed by atoms with E-state index in [1.807, 2.05) is 0 Å². The van der Waals surface area contributed by atoms with Crippen molar-refractivity contribution in [1.82, 2.24) is 0 Å². The van der Waals surface area contributed by atoms with Crippen molar-refractivity contribution in [2.24, 2.45) is 0 Å². The van der Waals surface area contributed by atoms with Crippen LogP contribution in [0, 0.1) is 3.57 Å². The Morgan fingerprint density at radius 3 is 1.82 bits per heavy atom. The zero-order valence-corrected chi connectivity index (χ0v) is 13.0. The third-order valence-electron chi connectivity index (χ3n) is 2.51. The van der Waals surface area contributed by atoms with E-state index in [2.05, 4.69) is 67.6 Å². The van der Waals surface area contributed by atoms with E-state index in [-0.39, 0.29) is 0 Å². The molecule has 1 aromatic rings. The van der Waals surface area contributed by atoms with Crippen LogP contribution in [0.2, 0.25) is 0 Å². The SMILES string of the molecule is CCC(C)(C)c1ccc(I)cc1.O=S(=O)(O)O. The van der Waals surface area contributed by atoms with Gasteiger partial charge in [-0.25, -0.2) is 0 Å². The van der Waals surface area contributed by atoms with Crippen LogP contribution in [0.4, 0.5) is 0 Å². The van der Waals surface area contributed by atoms with Gasteiger partial charge >= 0.3 is 10.4 Å². The normalized spacial score (nSPS) is 11.6.